The molecule has 0 amide bonds. The Morgan fingerprint density at radius 2 is 1.66 bits per heavy atom. The molecule has 162 valence electrons. The molecule has 3 heterocycles. The summed E-state index contributed by atoms with van der Waals surface area (Å²) in [6.45, 7) is 3.03. The molecule has 1 aliphatic heterocycles. The predicted molar refractivity (Wildman–Crippen MR) is 127 cm³/mol. The van der Waals surface area contributed by atoms with Gasteiger partial charge in [-0.3, -0.25) is 24.6 Å². The Morgan fingerprint density at radius 1 is 0.906 bits per heavy atom. The molecule has 0 spiro atoms. The number of aromatic nitrogens is 2. The lowest BCUT2D eigenvalue weighted by Crippen LogP contribution is -2.31. The minimum absolute atomic E-state index is 0.338. The van der Waals surface area contributed by atoms with E-state index in [1.807, 2.05) is 48.5 Å². The molecule has 6 nitrogen and oxygen atoms in total. The van der Waals surface area contributed by atoms with Crippen molar-refractivity contribution in [2.45, 2.75) is 25.9 Å². The fraction of sp³-hybridized carbons (Fsp3) is 0.231. The highest BCUT2D eigenvalue weighted by atomic mass is 16.2. The number of Topliss-reactive ketones (excluding diaryl/α,β-unsaturated/α-hetero) is 1. The van der Waals surface area contributed by atoms with E-state index in [2.05, 4.69) is 33.2 Å². The first-order valence-electron chi connectivity index (χ1n) is 11.1. The molecule has 1 N–H and O–H groups in total. The lowest BCUT2D eigenvalue weighted by Gasteiger charge is -2.27. The first kappa shape index (κ1) is 20.3. The topological polar surface area (TPSA) is 59.3 Å². The molecule has 0 atom stereocenters. The number of rotatable bonds is 7. The molecule has 1 saturated heterocycles. The number of carbonyl (C=O) groups excluding carboxylic acids is 2. The van der Waals surface area contributed by atoms with Crippen LogP contribution in [0, 0.1) is 0 Å². The van der Waals surface area contributed by atoms with Crippen LogP contribution in [-0.2, 0) is 11.5 Å². The first-order chi connectivity index (χ1) is 15.7. The normalized spacial score (nSPS) is 14.5. The van der Waals surface area contributed by atoms with Crippen LogP contribution in [0.1, 0.15) is 29.8 Å². The highest BCUT2D eigenvalue weighted by Crippen LogP contribution is 2.34. The lowest BCUT2D eigenvalue weighted by atomic mass is 10.0. The summed E-state index contributed by atoms with van der Waals surface area (Å²) in [5.41, 5.74) is 7.22. The highest BCUT2D eigenvalue weighted by molar-refractivity contribution is 6.34. The van der Waals surface area contributed by atoms with Crippen molar-refractivity contribution in [2.24, 2.45) is 0 Å². The van der Waals surface area contributed by atoms with Crippen LogP contribution in [0.15, 0.2) is 73.1 Å². The predicted octanol–water partition coefficient (Wildman–Crippen LogP) is 4.81. The molecule has 0 bridgehead atoms. The third-order valence-corrected chi connectivity index (χ3v) is 6.13. The Bertz CT molecular complexity index is 1250. The zero-order valence-electron chi connectivity index (χ0n) is 17.9. The van der Waals surface area contributed by atoms with Gasteiger partial charge in [0, 0.05) is 34.4 Å². The number of likely N-dealkylation sites (tertiary alicyclic amines) is 1. The van der Waals surface area contributed by atoms with Crippen LogP contribution in [0.4, 0.5) is 5.69 Å². The SMILES string of the molecule is O=CC(=O)c1c(-c2cn(CN3CCCCC3)c3ccccc23)ccn1Nc1ccccc1. The molecule has 1 fully saturated rings. The molecule has 1 aliphatic rings. The number of hydrogen-bond acceptors (Lipinski definition) is 4. The Morgan fingerprint density at radius 3 is 2.44 bits per heavy atom. The summed E-state index contributed by atoms with van der Waals surface area (Å²) in [7, 11) is 0. The van der Waals surface area contributed by atoms with Crippen molar-refractivity contribution < 1.29 is 9.59 Å². The number of anilines is 1. The molecular formula is C26H26N4O2. The number of nitrogens with zero attached hydrogens (tertiary/aromatic N) is 3. The largest absolute Gasteiger partial charge is 0.333 e. The van der Waals surface area contributed by atoms with Gasteiger partial charge >= 0.3 is 0 Å². The molecule has 2 aromatic heterocycles. The van der Waals surface area contributed by atoms with Crippen LogP contribution < -0.4 is 5.43 Å². The maximum atomic E-state index is 12.7. The number of carbonyl (C=O) groups is 2. The number of aldehydes is 1. The first-order valence-corrected chi connectivity index (χ1v) is 11.1. The Balaban J connectivity index is 1.59. The summed E-state index contributed by atoms with van der Waals surface area (Å²) < 4.78 is 3.89. The van der Waals surface area contributed by atoms with Gasteiger partial charge in [-0.2, -0.15) is 0 Å². The van der Waals surface area contributed by atoms with Gasteiger partial charge in [-0.1, -0.05) is 42.8 Å². The third kappa shape index (κ3) is 3.85. The van der Waals surface area contributed by atoms with Crippen molar-refractivity contribution in [3.63, 3.8) is 0 Å². The third-order valence-electron chi connectivity index (χ3n) is 6.13. The van der Waals surface area contributed by atoms with Gasteiger partial charge in [0.05, 0.1) is 12.4 Å². The number of piperidine rings is 1. The van der Waals surface area contributed by atoms with Crippen LogP contribution in [0.3, 0.4) is 0 Å². The van der Waals surface area contributed by atoms with Crippen molar-refractivity contribution in [1.29, 1.82) is 0 Å². The number of hydrogen-bond donors (Lipinski definition) is 1. The van der Waals surface area contributed by atoms with E-state index in [9.17, 15) is 9.59 Å². The fourth-order valence-electron chi connectivity index (χ4n) is 4.60. The molecule has 5 rings (SSSR count). The summed E-state index contributed by atoms with van der Waals surface area (Å²) in [4.78, 5) is 26.7. The smallest absolute Gasteiger partial charge is 0.244 e. The molecule has 0 saturated carbocycles. The van der Waals surface area contributed by atoms with E-state index >= 15 is 0 Å². The molecule has 2 aromatic carbocycles. The maximum absolute atomic E-state index is 12.7. The average molecular weight is 427 g/mol. The van der Waals surface area contributed by atoms with Crippen molar-refractivity contribution in [3.8, 4) is 11.1 Å². The number of benzene rings is 2. The van der Waals surface area contributed by atoms with Gasteiger partial charge in [0.25, 0.3) is 0 Å². The fourth-order valence-corrected chi connectivity index (χ4v) is 4.60. The molecule has 32 heavy (non-hydrogen) atoms. The molecule has 0 aliphatic carbocycles. The van der Waals surface area contributed by atoms with Crippen LogP contribution in [0.2, 0.25) is 0 Å². The minimum atomic E-state index is -0.554. The number of nitrogens with one attached hydrogen (secondary N) is 1. The standard InChI is InChI=1S/C26H26N4O2/c31-18-25(32)26-22(13-16-30(26)27-20-9-3-1-4-10-20)23-17-29(19-28-14-7-2-8-15-28)24-12-6-5-11-21(23)24/h1,3-6,9-13,16-18,27H,2,7-8,14-15,19H2. The molecule has 0 unspecified atom stereocenters. The van der Waals surface area contributed by atoms with Crippen LogP contribution in [-0.4, -0.2) is 39.3 Å². The lowest BCUT2D eigenvalue weighted by molar-refractivity contribution is -0.104. The Labute approximate surface area is 187 Å². The van der Waals surface area contributed by atoms with Gasteiger partial charge in [0.1, 0.15) is 5.69 Å². The van der Waals surface area contributed by atoms with Crippen molar-refractivity contribution in [3.05, 3.63) is 78.8 Å². The number of para-hydroxylation sites is 2. The van der Waals surface area contributed by atoms with Crippen LogP contribution in [0.25, 0.3) is 22.0 Å². The van der Waals surface area contributed by atoms with Gasteiger partial charge in [-0.05, 0) is 50.2 Å². The van der Waals surface area contributed by atoms with Crippen molar-refractivity contribution >= 4 is 28.7 Å². The minimum Gasteiger partial charge on any atom is -0.333 e. The van der Waals surface area contributed by atoms with Crippen LogP contribution >= 0.6 is 0 Å². The monoisotopic (exact) mass is 426 g/mol. The summed E-state index contributed by atoms with van der Waals surface area (Å²) >= 11 is 0. The van der Waals surface area contributed by atoms with E-state index in [0.717, 1.165) is 47.5 Å². The van der Waals surface area contributed by atoms with Crippen molar-refractivity contribution in [1.82, 2.24) is 14.1 Å². The quantitative estimate of drug-likeness (QED) is 0.262. The van der Waals surface area contributed by atoms with E-state index < -0.39 is 5.78 Å². The van der Waals surface area contributed by atoms with Gasteiger partial charge in [-0.15, -0.1) is 0 Å². The van der Waals surface area contributed by atoms with E-state index in [1.54, 1.807) is 10.9 Å². The van der Waals surface area contributed by atoms with Gasteiger partial charge in [0.2, 0.25) is 5.78 Å². The summed E-state index contributed by atoms with van der Waals surface area (Å²) in [5, 5.41) is 1.07. The van der Waals surface area contributed by atoms with Crippen molar-refractivity contribution in [2.75, 3.05) is 18.5 Å². The molecule has 6 heteroatoms. The van der Waals surface area contributed by atoms with E-state index in [1.165, 1.54) is 19.3 Å². The van der Waals surface area contributed by atoms with E-state index in [-0.39, 0.29) is 0 Å². The second kappa shape index (κ2) is 8.85. The summed E-state index contributed by atoms with van der Waals surface area (Å²) in [6, 6.07) is 19.7. The summed E-state index contributed by atoms with van der Waals surface area (Å²) in [6.07, 6.45) is 8.07. The highest BCUT2D eigenvalue weighted by Gasteiger charge is 2.22. The van der Waals surface area contributed by atoms with E-state index in [4.69, 9.17) is 0 Å². The zero-order chi connectivity index (χ0) is 21.9. The second-order valence-electron chi connectivity index (χ2n) is 8.26. The average Bonchev–Trinajstić information content (AvgIpc) is 3.41. The maximum Gasteiger partial charge on any atom is 0.244 e. The Kier molecular flexibility index (Phi) is 5.60. The second-order valence-corrected chi connectivity index (χ2v) is 8.26. The van der Waals surface area contributed by atoms with Gasteiger partial charge < -0.3 is 4.57 Å². The molecule has 0 radical (unpaired) electrons. The number of ketones is 1. The summed E-state index contributed by atoms with van der Waals surface area (Å²) in [5.74, 6) is -0.554. The number of fused-ring (bicyclic) bond motifs is 1. The van der Waals surface area contributed by atoms with Gasteiger partial charge in [-0.25, -0.2) is 0 Å². The van der Waals surface area contributed by atoms with Crippen LogP contribution in [0.5, 0.6) is 0 Å². The Hall–Kier alpha value is -3.64. The molecular weight excluding hydrogens is 400 g/mol. The van der Waals surface area contributed by atoms with Gasteiger partial charge in [0.15, 0.2) is 6.29 Å². The van der Waals surface area contributed by atoms with E-state index in [0.29, 0.717) is 12.0 Å². The zero-order valence-corrected chi connectivity index (χ0v) is 17.9. The molecule has 4 aromatic rings.